The van der Waals surface area contributed by atoms with E-state index in [0.29, 0.717) is 18.4 Å². The monoisotopic (exact) mass is 262 g/mol. The minimum absolute atomic E-state index is 0.0905. The summed E-state index contributed by atoms with van der Waals surface area (Å²) < 4.78 is 9.14. The Morgan fingerprint density at radius 3 is 2.35 bits per heavy atom. The zero-order valence-corrected chi connectivity index (χ0v) is 10.4. The van der Waals surface area contributed by atoms with E-state index >= 15 is 0 Å². The van der Waals surface area contributed by atoms with Gasteiger partial charge < -0.3 is 9.47 Å². The molecule has 0 aliphatic heterocycles. The average molecular weight is 263 g/mol. The molecular formula is C11H15ClO5. The Morgan fingerprint density at radius 1 is 1.18 bits per heavy atom. The molecule has 0 aliphatic carbocycles. The van der Waals surface area contributed by atoms with Crippen molar-refractivity contribution in [2.45, 2.75) is 26.2 Å². The highest BCUT2D eigenvalue weighted by atomic mass is 35.5. The zero-order valence-electron chi connectivity index (χ0n) is 9.66. The molecule has 0 heterocycles. The molecule has 0 fully saturated rings. The van der Waals surface area contributed by atoms with Crippen LogP contribution in [0.5, 0.6) is 0 Å². The second-order valence-electron chi connectivity index (χ2n) is 3.35. The van der Waals surface area contributed by atoms with Crippen LogP contribution in [0.2, 0.25) is 0 Å². The van der Waals surface area contributed by atoms with Crippen molar-refractivity contribution < 1.29 is 23.9 Å². The number of ether oxygens (including phenoxy) is 2. The summed E-state index contributed by atoms with van der Waals surface area (Å²) in [6.45, 7) is 5.19. The van der Waals surface area contributed by atoms with Crippen molar-refractivity contribution in [1.29, 1.82) is 0 Å². The first-order chi connectivity index (χ1) is 7.97. The average Bonchev–Trinajstić information content (AvgIpc) is 2.27. The van der Waals surface area contributed by atoms with Crippen LogP contribution in [0.4, 0.5) is 0 Å². The van der Waals surface area contributed by atoms with Crippen LogP contribution >= 0.6 is 11.6 Å². The standard InChI is InChI=1S/C11H15ClO5/c1-8(2)11(15)16-6-4-3-5-9(13)17-10(14)7-12/h1,3-7H2,2H3. The lowest BCUT2D eigenvalue weighted by atomic mass is 10.2. The number of alkyl halides is 1. The van der Waals surface area contributed by atoms with Gasteiger partial charge in [-0.25, -0.2) is 4.79 Å². The highest BCUT2D eigenvalue weighted by Gasteiger charge is 2.09. The fourth-order valence-corrected chi connectivity index (χ4v) is 0.919. The second kappa shape index (κ2) is 8.75. The molecule has 0 N–H and O–H groups in total. The van der Waals surface area contributed by atoms with Crippen LogP contribution in [0, 0.1) is 0 Å². The van der Waals surface area contributed by atoms with Gasteiger partial charge in [-0.2, -0.15) is 0 Å². The Kier molecular flexibility index (Phi) is 8.05. The lowest BCUT2D eigenvalue weighted by Crippen LogP contribution is -2.13. The van der Waals surface area contributed by atoms with Crippen molar-refractivity contribution in [2.75, 3.05) is 12.5 Å². The number of halogens is 1. The van der Waals surface area contributed by atoms with Gasteiger partial charge in [0.25, 0.3) is 0 Å². The van der Waals surface area contributed by atoms with Crippen molar-refractivity contribution in [3.05, 3.63) is 12.2 Å². The molecule has 0 aromatic heterocycles. The van der Waals surface area contributed by atoms with E-state index in [0.717, 1.165) is 0 Å². The van der Waals surface area contributed by atoms with Crippen LogP contribution in [0.15, 0.2) is 12.2 Å². The molecule has 0 aromatic carbocycles. The normalized spacial score (nSPS) is 9.53. The van der Waals surface area contributed by atoms with E-state index in [1.54, 1.807) is 6.92 Å². The molecule has 0 spiro atoms. The van der Waals surface area contributed by atoms with Gasteiger partial charge in [0.05, 0.1) is 6.61 Å². The van der Waals surface area contributed by atoms with Crippen LogP contribution in [0.3, 0.4) is 0 Å². The predicted octanol–water partition coefficient (Wildman–Crippen LogP) is 1.58. The molecule has 0 rings (SSSR count). The van der Waals surface area contributed by atoms with Crippen molar-refractivity contribution in [3.63, 3.8) is 0 Å². The third-order valence-corrected chi connectivity index (χ3v) is 1.91. The van der Waals surface area contributed by atoms with Gasteiger partial charge in [-0.05, 0) is 19.8 Å². The van der Waals surface area contributed by atoms with Crippen LogP contribution in [-0.2, 0) is 23.9 Å². The molecule has 0 unspecified atom stereocenters. The minimum Gasteiger partial charge on any atom is -0.462 e. The predicted molar refractivity (Wildman–Crippen MR) is 61.4 cm³/mol. The molecule has 17 heavy (non-hydrogen) atoms. The summed E-state index contributed by atoms with van der Waals surface area (Å²) >= 11 is 5.15. The number of carbonyl (C=O) groups is 3. The van der Waals surface area contributed by atoms with Gasteiger partial charge in [-0.15, -0.1) is 11.6 Å². The van der Waals surface area contributed by atoms with Crippen molar-refractivity contribution in [1.82, 2.24) is 0 Å². The van der Waals surface area contributed by atoms with E-state index < -0.39 is 17.9 Å². The van der Waals surface area contributed by atoms with Gasteiger partial charge in [-0.3, -0.25) is 9.59 Å². The van der Waals surface area contributed by atoms with E-state index in [4.69, 9.17) is 16.3 Å². The zero-order chi connectivity index (χ0) is 13.3. The van der Waals surface area contributed by atoms with E-state index in [1.165, 1.54) is 0 Å². The summed E-state index contributed by atoms with van der Waals surface area (Å²) in [5, 5.41) is 0. The number of carbonyl (C=O) groups excluding carboxylic acids is 3. The van der Waals surface area contributed by atoms with E-state index in [2.05, 4.69) is 11.3 Å². The van der Waals surface area contributed by atoms with Gasteiger partial charge in [-0.1, -0.05) is 6.58 Å². The first-order valence-corrected chi connectivity index (χ1v) is 5.63. The summed E-state index contributed by atoms with van der Waals surface area (Å²) in [6, 6.07) is 0. The molecule has 0 aliphatic rings. The summed E-state index contributed by atoms with van der Waals surface area (Å²) in [4.78, 5) is 32.6. The summed E-state index contributed by atoms with van der Waals surface area (Å²) in [6.07, 6.45) is 1.08. The molecule has 0 saturated carbocycles. The first kappa shape index (κ1) is 15.6. The number of hydrogen-bond donors (Lipinski definition) is 0. The first-order valence-electron chi connectivity index (χ1n) is 5.09. The number of unbranched alkanes of at least 4 members (excludes halogenated alkanes) is 1. The molecule has 6 heteroatoms. The van der Waals surface area contributed by atoms with Gasteiger partial charge in [0.15, 0.2) is 0 Å². The maximum absolute atomic E-state index is 11.0. The van der Waals surface area contributed by atoms with Gasteiger partial charge in [0, 0.05) is 12.0 Å². The van der Waals surface area contributed by atoms with Crippen LogP contribution in [0.1, 0.15) is 26.2 Å². The van der Waals surface area contributed by atoms with Gasteiger partial charge in [0.2, 0.25) is 0 Å². The highest BCUT2D eigenvalue weighted by molar-refractivity contribution is 6.27. The molecule has 0 bridgehead atoms. The largest absolute Gasteiger partial charge is 0.462 e. The molecular weight excluding hydrogens is 248 g/mol. The minimum atomic E-state index is -0.759. The topological polar surface area (TPSA) is 69.7 Å². The van der Waals surface area contributed by atoms with Crippen LogP contribution in [0.25, 0.3) is 0 Å². The van der Waals surface area contributed by atoms with Crippen molar-refractivity contribution in [2.24, 2.45) is 0 Å². The third kappa shape index (κ3) is 8.45. The summed E-state index contributed by atoms with van der Waals surface area (Å²) in [5.74, 6) is -2.18. The third-order valence-electron chi connectivity index (χ3n) is 1.69. The Morgan fingerprint density at radius 2 is 1.82 bits per heavy atom. The summed E-state index contributed by atoms with van der Waals surface area (Å²) in [5.41, 5.74) is 0.331. The summed E-state index contributed by atoms with van der Waals surface area (Å²) in [7, 11) is 0. The van der Waals surface area contributed by atoms with E-state index in [1.807, 2.05) is 0 Å². The second-order valence-corrected chi connectivity index (χ2v) is 3.62. The number of hydrogen-bond acceptors (Lipinski definition) is 5. The Bertz CT molecular complexity index is 311. The smallest absolute Gasteiger partial charge is 0.333 e. The molecule has 96 valence electrons. The van der Waals surface area contributed by atoms with Gasteiger partial charge in [0.1, 0.15) is 5.88 Å². The molecule has 0 saturated heterocycles. The molecule has 5 nitrogen and oxygen atoms in total. The maximum Gasteiger partial charge on any atom is 0.333 e. The van der Waals surface area contributed by atoms with Gasteiger partial charge >= 0.3 is 17.9 Å². The van der Waals surface area contributed by atoms with E-state index in [9.17, 15) is 14.4 Å². The lowest BCUT2D eigenvalue weighted by Gasteiger charge is -2.03. The molecule has 0 amide bonds. The Balaban J connectivity index is 3.52. The number of rotatable bonds is 7. The Labute approximate surface area is 105 Å². The quantitative estimate of drug-likeness (QED) is 0.229. The maximum atomic E-state index is 11.0. The van der Waals surface area contributed by atoms with Crippen molar-refractivity contribution >= 4 is 29.5 Å². The van der Waals surface area contributed by atoms with Crippen LogP contribution in [-0.4, -0.2) is 30.4 Å². The Hall–Kier alpha value is -1.36. The molecule has 0 atom stereocenters. The number of esters is 3. The SMILES string of the molecule is C=C(C)C(=O)OCCCCC(=O)OC(=O)CCl. The fourth-order valence-electron chi connectivity index (χ4n) is 0.865. The van der Waals surface area contributed by atoms with Crippen LogP contribution < -0.4 is 0 Å². The van der Waals surface area contributed by atoms with E-state index in [-0.39, 0.29) is 18.9 Å². The highest BCUT2D eigenvalue weighted by Crippen LogP contribution is 2.01. The molecule has 0 radical (unpaired) electrons. The molecule has 0 aromatic rings. The van der Waals surface area contributed by atoms with Crippen molar-refractivity contribution in [3.8, 4) is 0 Å². The lowest BCUT2D eigenvalue weighted by molar-refractivity contribution is -0.157. The fraction of sp³-hybridized carbons (Fsp3) is 0.545.